The van der Waals surface area contributed by atoms with Crippen LogP contribution in [0.2, 0.25) is 5.02 Å². The zero-order valence-electron chi connectivity index (χ0n) is 12.8. The van der Waals surface area contributed by atoms with Gasteiger partial charge in [0.05, 0.1) is 10.9 Å². The first-order valence-corrected chi connectivity index (χ1v) is 7.76. The summed E-state index contributed by atoms with van der Waals surface area (Å²) in [5.41, 5.74) is -0.701. The normalized spacial score (nSPS) is 23.1. The Morgan fingerprint density at radius 2 is 2.00 bits per heavy atom. The maximum atomic E-state index is 13.6. The molecule has 132 valence electrons. The molecule has 2 atom stereocenters. The van der Waals surface area contributed by atoms with E-state index < -0.39 is 40.2 Å². The predicted molar refractivity (Wildman–Crippen MR) is 82.0 cm³/mol. The van der Waals surface area contributed by atoms with Crippen LogP contribution in [0.25, 0.3) is 0 Å². The summed E-state index contributed by atoms with van der Waals surface area (Å²) in [5, 5.41) is -1.16. The maximum Gasteiger partial charge on any atom is 0.426 e. The molecule has 1 saturated carbocycles. The molecule has 2 rings (SSSR count). The summed E-state index contributed by atoms with van der Waals surface area (Å²) in [7, 11) is 0. The third kappa shape index (κ3) is 3.86. The van der Waals surface area contributed by atoms with E-state index in [1.165, 1.54) is 18.2 Å². The molecule has 24 heavy (non-hydrogen) atoms. The van der Waals surface area contributed by atoms with Gasteiger partial charge in [-0.15, -0.1) is 0 Å². The zero-order chi connectivity index (χ0) is 18.3. The summed E-state index contributed by atoms with van der Waals surface area (Å²) in [4.78, 5) is 12.1. The van der Waals surface area contributed by atoms with Gasteiger partial charge in [-0.05, 0) is 23.5 Å². The van der Waals surface area contributed by atoms with Crippen LogP contribution < -0.4 is 0 Å². The van der Waals surface area contributed by atoms with Crippen molar-refractivity contribution >= 4 is 29.2 Å². The molecule has 0 saturated heterocycles. The Bertz CT molecular complexity index is 663. The first-order valence-electron chi connectivity index (χ1n) is 7.00. The van der Waals surface area contributed by atoms with Gasteiger partial charge in [-0.25, -0.2) is 4.39 Å². The van der Waals surface area contributed by atoms with Crippen LogP contribution in [0.5, 0.6) is 0 Å². The van der Waals surface area contributed by atoms with Crippen LogP contribution in [-0.4, -0.2) is 12.1 Å². The number of rotatable bonds is 4. The Morgan fingerprint density at radius 1 is 1.38 bits per heavy atom. The largest absolute Gasteiger partial charge is 0.460 e. The van der Waals surface area contributed by atoms with Gasteiger partial charge in [-0.2, -0.15) is 13.2 Å². The van der Waals surface area contributed by atoms with E-state index >= 15 is 0 Å². The number of alkyl halides is 3. The molecule has 0 unspecified atom stereocenters. The fraction of sp³-hybridized carbons (Fsp3) is 0.438. The minimum absolute atomic E-state index is 0.0198. The second-order valence-electron chi connectivity index (χ2n) is 6.15. The van der Waals surface area contributed by atoms with Gasteiger partial charge in [0, 0.05) is 5.56 Å². The van der Waals surface area contributed by atoms with E-state index in [-0.39, 0.29) is 17.2 Å². The molecule has 1 aliphatic rings. The van der Waals surface area contributed by atoms with Crippen molar-refractivity contribution in [2.75, 3.05) is 0 Å². The average molecular weight is 385 g/mol. The topological polar surface area (TPSA) is 26.3 Å². The Labute approximate surface area is 146 Å². The first-order chi connectivity index (χ1) is 11.0. The molecule has 0 heterocycles. The molecular formula is C16H14Cl2F4O2. The van der Waals surface area contributed by atoms with Crippen LogP contribution in [-0.2, 0) is 16.1 Å². The molecule has 1 aromatic rings. The summed E-state index contributed by atoms with van der Waals surface area (Å²) in [6.07, 6.45) is -3.83. The Hall–Kier alpha value is -1.27. The summed E-state index contributed by atoms with van der Waals surface area (Å²) in [6, 6.07) is 4.03. The number of allylic oxidation sites excluding steroid dienone is 2. The number of benzene rings is 1. The van der Waals surface area contributed by atoms with Crippen LogP contribution in [0.4, 0.5) is 17.6 Å². The summed E-state index contributed by atoms with van der Waals surface area (Å²) in [5.74, 6) is -2.82. The number of carbonyl (C=O) groups excluding carboxylic acids is 1. The van der Waals surface area contributed by atoms with Crippen molar-refractivity contribution in [3.63, 3.8) is 0 Å². The molecule has 8 heteroatoms. The number of hydrogen-bond acceptors (Lipinski definition) is 2. The minimum Gasteiger partial charge on any atom is -0.460 e. The van der Waals surface area contributed by atoms with Gasteiger partial charge < -0.3 is 4.74 Å². The van der Waals surface area contributed by atoms with E-state index in [1.54, 1.807) is 13.8 Å². The van der Waals surface area contributed by atoms with Crippen LogP contribution >= 0.6 is 23.2 Å². The van der Waals surface area contributed by atoms with Crippen LogP contribution in [0.15, 0.2) is 29.3 Å². The third-order valence-electron chi connectivity index (χ3n) is 4.18. The molecule has 0 aliphatic heterocycles. The zero-order valence-corrected chi connectivity index (χ0v) is 14.3. The predicted octanol–water partition coefficient (Wildman–Crippen LogP) is 5.48. The molecule has 0 radical (unpaired) electrons. The highest BCUT2D eigenvalue weighted by molar-refractivity contribution is 6.31. The van der Waals surface area contributed by atoms with Crippen molar-refractivity contribution < 1.29 is 27.1 Å². The van der Waals surface area contributed by atoms with Crippen molar-refractivity contribution in [2.45, 2.75) is 26.6 Å². The molecule has 0 aromatic heterocycles. The number of ether oxygens (including phenoxy) is 1. The van der Waals surface area contributed by atoms with Crippen molar-refractivity contribution in [3.05, 3.63) is 45.7 Å². The molecular weight excluding hydrogens is 371 g/mol. The van der Waals surface area contributed by atoms with Crippen LogP contribution in [0.1, 0.15) is 19.4 Å². The third-order valence-corrected chi connectivity index (χ3v) is 4.88. The van der Waals surface area contributed by atoms with Gasteiger partial charge in [-0.3, -0.25) is 4.79 Å². The van der Waals surface area contributed by atoms with Crippen LogP contribution in [0, 0.1) is 23.1 Å². The van der Waals surface area contributed by atoms with Crippen molar-refractivity contribution in [3.8, 4) is 0 Å². The van der Waals surface area contributed by atoms with Gasteiger partial charge in [0.15, 0.2) is 0 Å². The summed E-state index contributed by atoms with van der Waals surface area (Å²) < 4.78 is 56.2. The number of halogens is 6. The fourth-order valence-electron chi connectivity index (χ4n) is 2.59. The smallest absolute Gasteiger partial charge is 0.426 e. The fourth-order valence-corrected chi connectivity index (χ4v) is 2.95. The number of carbonyl (C=O) groups is 1. The van der Waals surface area contributed by atoms with E-state index in [0.717, 1.165) is 6.08 Å². The Kier molecular flexibility index (Phi) is 5.21. The summed E-state index contributed by atoms with van der Waals surface area (Å²) >= 11 is 11.0. The van der Waals surface area contributed by atoms with Gasteiger partial charge in [0.1, 0.15) is 17.5 Å². The number of esters is 1. The van der Waals surface area contributed by atoms with Crippen molar-refractivity contribution in [1.29, 1.82) is 0 Å². The lowest BCUT2D eigenvalue weighted by Crippen LogP contribution is -2.11. The Morgan fingerprint density at radius 3 is 2.54 bits per heavy atom. The molecule has 0 N–H and O–H groups in total. The maximum absolute atomic E-state index is 13.6. The lowest BCUT2D eigenvalue weighted by molar-refractivity contribution is -0.147. The molecule has 0 spiro atoms. The lowest BCUT2D eigenvalue weighted by atomic mass is 10.1. The van der Waals surface area contributed by atoms with E-state index in [4.69, 9.17) is 27.9 Å². The Balaban J connectivity index is 2.06. The van der Waals surface area contributed by atoms with E-state index in [9.17, 15) is 22.4 Å². The van der Waals surface area contributed by atoms with Gasteiger partial charge in [0.2, 0.25) is 0 Å². The molecule has 0 bridgehead atoms. The molecule has 1 aliphatic carbocycles. The van der Waals surface area contributed by atoms with E-state index in [2.05, 4.69) is 0 Å². The standard InChI is InChI=1S/C16H14Cl2F4O2/c1-15(2)9(6-12(18)16(20,21)22)13(15)14(23)24-7-8-10(17)4-3-5-11(8)19/h3-6,9,13H,7H2,1-2H3/b12-6-/t9-,13+/m1/s1. The highest BCUT2D eigenvalue weighted by atomic mass is 35.5. The second kappa shape index (κ2) is 6.56. The highest BCUT2D eigenvalue weighted by Crippen LogP contribution is 2.60. The van der Waals surface area contributed by atoms with Crippen molar-refractivity contribution in [2.24, 2.45) is 17.3 Å². The van der Waals surface area contributed by atoms with Gasteiger partial charge in [0.25, 0.3) is 0 Å². The van der Waals surface area contributed by atoms with Crippen molar-refractivity contribution in [1.82, 2.24) is 0 Å². The van der Waals surface area contributed by atoms with Crippen LogP contribution in [0.3, 0.4) is 0 Å². The number of hydrogen-bond donors (Lipinski definition) is 0. The lowest BCUT2D eigenvalue weighted by Gasteiger charge is -2.08. The quantitative estimate of drug-likeness (QED) is 0.507. The minimum atomic E-state index is -4.66. The van der Waals surface area contributed by atoms with Gasteiger partial charge in [-0.1, -0.05) is 49.2 Å². The molecule has 1 fully saturated rings. The van der Waals surface area contributed by atoms with E-state index in [1.807, 2.05) is 0 Å². The molecule has 2 nitrogen and oxygen atoms in total. The average Bonchev–Trinajstić information content (AvgIpc) is 2.98. The second-order valence-corrected chi connectivity index (χ2v) is 6.96. The summed E-state index contributed by atoms with van der Waals surface area (Å²) in [6.45, 7) is 2.88. The van der Waals surface area contributed by atoms with Gasteiger partial charge >= 0.3 is 12.1 Å². The monoisotopic (exact) mass is 384 g/mol. The highest BCUT2D eigenvalue weighted by Gasteiger charge is 2.62. The first kappa shape index (κ1) is 19.1. The molecule has 1 aromatic carbocycles. The molecule has 0 amide bonds. The SMILES string of the molecule is CC1(C)[C@H](/C=C(\Cl)C(F)(F)F)[C@H]1C(=O)OCc1c(F)cccc1Cl. The van der Waals surface area contributed by atoms with E-state index in [0.29, 0.717) is 0 Å².